The topological polar surface area (TPSA) is 3.24 Å². The van der Waals surface area contributed by atoms with E-state index < -0.39 is 0 Å². The molecule has 0 aliphatic carbocycles. The predicted octanol–water partition coefficient (Wildman–Crippen LogP) is 16.3. The summed E-state index contributed by atoms with van der Waals surface area (Å²) >= 11 is 0. The van der Waals surface area contributed by atoms with Crippen molar-refractivity contribution in [3.8, 4) is 66.8 Å². The summed E-state index contributed by atoms with van der Waals surface area (Å²) in [4.78, 5) is 2.39. The largest absolute Gasteiger partial charge is 0.310 e. The number of nitrogens with zero attached hydrogens (tertiary/aromatic N) is 1. The van der Waals surface area contributed by atoms with Crippen LogP contribution in [0, 0.1) is 0 Å². The third-order valence-corrected chi connectivity index (χ3v) is 11.3. The normalized spacial score (nSPS) is 11.1. The van der Waals surface area contributed by atoms with E-state index >= 15 is 0 Å². The van der Waals surface area contributed by atoms with Crippen LogP contribution in [0.25, 0.3) is 77.5 Å². The molecule has 0 aromatic heterocycles. The van der Waals surface area contributed by atoms with Crippen molar-refractivity contribution < 1.29 is 0 Å². The average molecular weight is 752 g/mol. The van der Waals surface area contributed by atoms with Gasteiger partial charge in [-0.25, -0.2) is 0 Å². The zero-order valence-electron chi connectivity index (χ0n) is 32.6. The van der Waals surface area contributed by atoms with Crippen LogP contribution in [0.1, 0.15) is 0 Å². The summed E-state index contributed by atoms with van der Waals surface area (Å²) in [5.41, 5.74) is 17.8. The number of hydrogen-bond acceptors (Lipinski definition) is 1. The molecule has 0 bridgehead atoms. The zero-order valence-corrected chi connectivity index (χ0v) is 32.6. The molecule has 0 saturated carbocycles. The number of benzene rings is 10. The highest BCUT2D eigenvalue weighted by atomic mass is 15.1. The molecular weight excluding hydrogens is 711 g/mol. The fourth-order valence-corrected chi connectivity index (χ4v) is 8.42. The Balaban J connectivity index is 1.03. The van der Waals surface area contributed by atoms with Gasteiger partial charge in [0.1, 0.15) is 0 Å². The molecule has 1 heteroatoms. The molecule has 0 N–H and O–H groups in total. The number of hydrogen-bond donors (Lipinski definition) is 0. The standard InChI is InChI=1S/C58H41N/c1-3-16-42(17-4-1)43-30-32-44(33-31-43)45-34-38-49(39-35-45)59(58-29-15-21-47-20-7-8-24-53(47)58)50-40-36-48(37-41-50)52-23-10-12-26-55(52)57-28-14-13-27-56(57)54-25-11-9-22-51(54)46-18-5-2-6-19-46/h1-41H. The lowest BCUT2D eigenvalue weighted by Crippen LogP contribution is -2.10. The first-order valence-electron chi connectivity index (χ1n) is 20.3. The summed E-state index contributed by atoms with van der Waals surface area (Å²) in [5.74, 6) is 0. The highest BCUT2D eigenvalue weighted by Gasteiger charge is 2.18. The van der Waals surface area contributed by atoms with Crippen LogP contribution in [0.3, 0.4) is 0 Å². The van der Waals surface area contributed by atoms with Crippen molar-refractivity contribution in [3.05, 3.63) is 249 Å². The van der Waals surface area contributed by atoms with E-state index in [0.717, 1.165) is 17.1 Å². The summed E-state index contributed by atoms with van der Waals surface area (Å²) in [6, 6.07) is 89.7. The van der Waals surface area contributed by atoms with Crippen LogP contribution in [0.5, 0.6) is 0 Å². The van der Waals surface area contributed by atoms with E-state index in [1.54, 1.807) is 0 Å². The van der Waals surface area contributed by atoms with Crippen LogP contribution in [0.4, 0.5) is 17.1 Å². The molecule has 0 aliphatic rings. The van der Waals surface area contributed by atoms with Crippen LogP contribution in [-0.2, 0) is 0 Å². The SMILES string of the molecule is c1ccc(-c2ccc(-c3ccc(N(c4ccc(-c5ccccc5-c5ccccc5-c5ccccc5-c5ccccc5)cc4)c4cccc5ccccc45)cc3)cc2)cc1. The molecule has 0 heterocycles. The van der Waals surface area contributed by atoms with Gasteiger partial charge in [0.25, 0.3) is 0 Å². The lowest BCUT2D eigenvalue weighted by molar-refractivity contribution is 1.30. The highest BCUT2D eigenvalue weighted by molar-refractivity contribution is 6.00. The van der Waals surface area contributed by atoms with E-state index in [1.807, 2.05) is 0 Å². The second-order valence-electron chi connectivity index (χ2n) is 14.9. The molecule has 10 aromatic rings. The van der Waals surface area contributed by atoms with Crippen molar-refractivity contribution in [2.75, 3.05) is 4.90 Å². The minimum Gasteiger partial charge on any atom is -0.310 e. The van der Waals surface area contributed by atoms with Gasteiger partial charge in [-0.15, -0.1) is 0 Å². The first-order chi connectivity index (χ1) is 29.3. The van der Waals surface area contributed by atoms with Crippen molar-refractivity contribution in [1.82, 2.24) is 0 Å². The van der Waals surface area contributed by atoms with Gasteiger partial charge in [-0.1, -0.05) is 218 Å². The molecule has 0 spiro atoms. The lowest BCUT2D eigenvalue weighted by atomic mass is 9.87. The maximum atomic E-state index is 2.39. The molecule has 0 fully saturated rings. The summed E-state index contributed by atoms with van der Waals surface area (Å²) in [7, 11) is 0. The number of anilines is 3. The van der Waals surface area contributed by atoms with Crippen LogP contribution in [-0.4, -0.2) is 0 Å². The van der Waals surface area contributed by atoms with E-state index in [9.17, 15) is 0 Å². The number of fused-ring (bicyclic) bond motifs is 1. The summed E-state index contributed by atoms with van der Waals surface area (Å²) in [6.45, 7) is 0. The van der Waals surface area contributed by atoms with Crippen molar-refractivity contribution in [2.45, 2.75) is 0 Å². The Morgan fingerprint density at radius 2 is 0.525 bits per heavy atom. The molecule has 0 radical (unpaired) electrons. The molecule has 278 valence electrons. The average Bonchev–Trinajstić information content (AvgIpc) is 3.33. The van der Waals surface area contributed by atoms with Crippen molar-refractivity contribution in [1.29, 1.82) is 0 Å². The highest BCUT2D eigenvalue weighted by Crippen LogP contribution is 2.44. The molecule has 0 atom stereocenters. The predicted molar refractivity (Wildman–Crippen MR) is 251 cm³/mol. The third-order valence-electron chi connectivity index (χ3n) is 11.3. The van der Waals surface area contributed by atoms with Crippen LogP contribution in [0.15, 0.2) is 249 Å². The third kappa shape index (κ3) is 7.12. The molecule has 0 aliphatic heterocycles. The van der Waals surface area contributed by atoms with E-state index in [1.165, 1.54) is 77.5 Å². The van der Waals surface area contributed by atoms with Crippen molar-refractivity contribution in [3.63, 3.8) is 0 Å². The Morgan fingerprint density at radius 1 is 0.203 bits per heavy atom. The van der Waals surface area contributed by atoms with E-state index in [2.05, 4.69) is 254 Å². The minimum atomic E-state index is 1.10. The molecule has 10 aromatic carbocycles. The van der Waals surface area contributed by atoms with Gasteiger partial charge >= 0.3 is 0 Å². The fourth-order valence-electron chi connectivity index (χ4n) is 8.42. The fraction of sp³-hybridized carbons (Fsp3) is 0. The quantitative estimate of drug-likeness (QED) is 0.142. The zero-order chi connectivity index (χ0) is 39.4. The Hall–Kier alpha value is -7.74. The van der Waals surface area contributed by atoms with Gasteiger partial charge in [-0.3, -0.25) is 0 Å². The minimum absolute atomic E-state index is 1.10. The maximum absolute atomic E-state index is 2.39. The lowest BCUT2D eigenvalue weighted by Gasteiger charge is -2.27. The summed E-state index contributed by atoms with van der Waals surface area (Å²) < 4.78 is 0. The number of rotatable bonds is 9. The monoisotopic (exact) mass is 751 g/mol. The second-order valence-corrected chi connectivity index (χ2v) is 14.9. The van der Waals surface area contributed by atoms with Gasteiger partial charge in [-0.2, -0.15) is 0 Å². The maximum Gasteiger partial charge on any atom is 0.0540 e. The molecule has 1 nitrogen and oxygen atoms in total. The molecule has 10 rings (SSSR count). The Labute approximate surface area is 346 Å². The smallest absolute Gasteiger partial charge is 0.0540 e. The summed E-state index contributed by atoms with van der Waals surface area (Å²) in [5, 5.41) is 2.42. The van der Waals surface area contributed by atoms with Crippen LogP contribution < -0.4 is 4.90 Å². The first-order valence-corrected chi connectivity index (χ1v) is 20.3. The molecular formula is C58H41N. The molecule has 59 heavy (non-hydrogen) atoms. The van der Waals surface area contributed by atoms with Gasteiger partial charge in [0.05, 0.1) is 5.69 Å². The van der Waals surface area contributed by atoms with E-state index in [0.29, 0.717) is 0 Å². The summed E-state index contributed by atoms with van der Waals surface area (Å²) in [6.07, 6.45) is 0. The van der Waals surface area contributed by atoms with E-state index in [-0.39, 0.29) is 0 Å². The van der Waals surface area contributed by atoms with Crippen molar-refractivity contribution >= 4 is 27.8 Å². The second kappa shape index (κ2) is 16.0. The Kier molecular flexibility index (Phi) is 9.68. The Morgan fingerprint density at radius 3 is 1.03 bits per heavy atom. The first kappa shape index (κ1) is 35.7. The molecule has 0 amide bonds. The van der Waals surface area contributed by atoms with Crippen molar-refractivity contribution in [2.24, 2.45) is 0 Å². The van der Waals surface area contributed by atoms with Crippen LogP contribution >= 0.6 is 0 Å². The Bertz CT molecular complexity index is 3000. The van der Waals surface area contributed by atoms with Gasteiger partial charge in [-0.05, 0) is 102 Å². The van der Waals surface area contributed by atoms with Gasteiger partial charge in [0.2, 0.25) is 0 Å². The van der Waals surface area contributed by atoms with E-state index in [4.69, 9.17) is 0 Å². The van der Waals surface area contributed by atoms with Gasteiger partial charge < -0.3 is 4.90 Å². The van der Waals surface area contributed by atoms with Gasteiger partial charge in [0, 0.05) is 16.8 Å². The van der Waals surface area contributed by atoms with Gasteiger partial charge in [0.15, 0.2) is 0 Å². The molecule has 0 unspecified atom stereocenters. The molecule has 0 saturated heterocycles. The van der Waals surface area contributed by atoms with Crippen LogP contribution in [0.2, 0.25) is 0 Å².